The molecule has 0 atom stereocenters. The standard InChI is InChI=1S/C9H12N2OS/c1-12-6-3-4-7(9(10)11)8(5-6)13-2/h3-5H,1-2H3,(H3,10,11). The fourth-order valence-corrected chi connectivity index (χ4v) is 1.65. The number of rotatable bonds is 3. The molecule has 0 unspecified atom stereocenters. The Morgan fingerprint density at radius 3 is 2.69 bits per heavy atom. The number of benzene rings is 1. The van der Waals surface area contributed by atoms with Gasteiger partial charge in [-0.05, 0) is 24.5 Å². The maximum absolute atomic E-state index is 7.33. The van der Waals surface area contributed by atoms with Gasteiger partial charge in [-0.3, -0.25) is 5.41 Å². The van der Waals surface area contributed by atoms with Crippen LogP contribution in [0.5, 0.6) is 5.75 Å². The number of thioether (sulfide) groups is 1. The number of methoxy groups -OCH3 is 1. The molecule has 70 valence electrons. The van der Waals surface area contributed by atoms with E-state index in [0.717, 1.165) is 16.2 Å². The summed E-state index contributed by atoms with van der Waals surface area (Å²) in [5.41, 5.74) is 6.17. The van der Waals surface area contributed by atoms with Crippen molar-refractivity contribution < 1.29 is 4.74 Å². The van der Waals surface area contributed by atoms with Crippen molar-refractivity contribution in [2.45, 2.75) is 4.90 Å². The normalized spacial score (nSPS) is 9.69. The minimum Gasteiger partial charge on any atom is -0.497 e. The summed E-state index contributed by atoms with van der Waals surface area (Å²) in [5.74, 6) is 0.876. The van der Waals surface area contributed by atoms with Crippen LogP contribution in [-0.2, 0) is 0 Å². The average molecular weight is 196 g/mol. The summed E-state index contributed by atoms with van der Waals surface area (Å²) in [6, 6.07) is 5.48. The van der Waals surface area contributed by atoms with Gasteiger partial charge in [0.2, 0.25) is 0 Å². The van der Waals surface area contributed by atoms with Crippen LogP contribution in [0.3, 0.4) is 0 Å². The lowest BCUT2D eigenvalue weighted by Crippen LogP contribution is -2.12. The van der Waals surface area contributed by atoms with Crippen LogP contribution >= 0.6 is 11.8 Å². The Morgan fingerprint density at radius 1 is 1.54 bits per heavy atom. The number of ether oxygens (including phenoxy) is 1. The molecule has 3 N–H and O–H groups in total. The smallest absolute Gasteiger partial charge is 0.123 e. The number of nitrogens with one attached hydrogen (secondary N) is 1. The molecule has 13 heavy (non-hydrogen) atoms. The Balaban J connectivity index is 3.15. The lowest BCUT2D eigenvalue weighted by Gasteiger charge is -2.07. The molecule has 0 aliphatic heterocycles. The summed E-state index contributed by atoms with van der Waals surface area (Å²) in [6.45, 7) is 0. The molecule has 0 saturated heterocycles. The van der Waals surface area contributed by atoms with Crippen LogP contribution in [0.4, 0.5) is 0 Å². The Labute approximate surface area is 81.8 Å². The van der Waals surface area contributed by atoms with Gasteiger partial charge in [0, 0.05) is 10.5 Å². The van der Waals surface area contributed by atoms with Crippen LogP contribution < -0.4 is 10.5 Å². The van der Waals surface area contributed by atoms with E-state index in [1.807, 2.05) is 12.3 Å². The number of amidine groups is 1. The molecule has 0 bridgehead atoms. The Morgan fingerprint density at radius 2 is 2.23 bits per heavy atom. The highest BCUT2D eigenvalue weighted by Gasteiger charge is 2.05. The number of nitrogens with two attached hydrogens (primary N) is 1. The first-order valence-electron chi connectivity index (χ1n) is 3.75. The third-order valence-corrected chi connectivity index (χ3v) is 2.48. The monoisotopic (exact) mass is 196 g/mol. The molecule has 1 aromatic carbocycles. The molecule has 0 radical (unpaired) electrons. The van der Waals surface area contributed by atoms with Gasteiger partial charge in [0.05, 0.1) is 7.11 Å². The zero-order valence-corrected chi connectivity index (χ0v) is 8.44. The molecule has 4 heteroatoms. The summed E-state index contributed by atoms with van der Waals surface area (Å²) in [5, 5.41) is 7.33. The summed E-state index contributed by atoms with van der Waals surface area (Å²) < 4.78 is 5.07. The molecule has 1 aromatic rings. The van der Waals surface area contributed by atoms with Gasteiger partial charge < -0.3 is 10.5 Å². The predicted octanol–water partition coefficient (Wildman–Crippen LogP) is 1.70. The summed E-state index contributed by atoms with van der Waals surface area (Å²) >= 11 is 1.55. The van der Waals surface area contributed by atoms with Crippen LogP contribution in [0, 0.1) is 5.41 Å². The Kier molecular flexibility index (Phi) is 3.19. The van der Waals surface area contributed by atoms with E-state index >= 15 is 0 Å². The number of hydrogen-bond acceptors (Lipinski definition) is 3. The third kappa shape index (κ3) is 2.15. The molecular weight excluding hydrogens is 184 g/mol. The minimum absolute atomic E-state index is 0.0898. The minimum atomic E-state index is 0.0898. The second kappa shape index (κ2) is 4.18. The molecule has 1 rings (SSSR count). The van der Waals surface area contributed by atoms with Gasteiger partial charge >= 0.3 is 0 Å². The van der Waals surface area contributed by atoms with E-state index in [1.54, 1.807) is 31.0 Å². The Bertz CT molecular complexity index is 325. The van der Waals surface area contributed by atoms with Crippen molar-refractivity contribution in [1.82, 2.24) is 0 Å². The topological polar surface area (TPSA) is 59.1 Å². The van der Waals surface area contributed by atoms with Crippen LogP contribution in [0.25, 0.3) is 0 Å². The largest absolute Gasteiger partial charge is 0.497 e. The van der Waals surface area contributed by atoms with Gasteiger partial charge in [-0.2, -0.15) is 0 Å². The lowest BCUT2D eigenvalue weighted by atomic mass is 10.2. The molecule has 0 heterocycles. The zero-order valence-electron chi connectivity index (χ0n) is 7.63. The highest BCUT2D eigenvalue weighted by atomic mass is 32.2. The van der Waals surface area contributed by atoms with E-state index in [0.29, 0.717) is 0 Å². The molecule has 0 saturated carbocycles. The van der Waals surface area contributed by atoms with Crippen molar-refractivity contribution in [2.24, 2.45) is 5.73 Å². The van der Waals surface area contributed by atoms with E-state index < -0.39 is 0 Å². The quantitative estimate of drug-likeness (QED) is 0.439. The first kappa shape index (κ1) is 9.92. The molecule has 0 aliphatic carbocycles. The van der Waals surface area contributed by atoms with Crippen molar-refractivity contribution in [3.05, 3.63) is 23.8 Å². The third-order valence-electron chi connectivity index (χ3n) is 1.70. The zero-order chi connectivity index (χ0) is 9.84. The maximum atomic E-state index is 7.33. The van der Waals surface area contributed by atoms with Crippen LogP contribution in [-0.4, -0.2) is 19.2 Å². The van der Waals surface area contributed by atoms with E-state index in [4.69, 9.17) is 15.9 Å². The van der Waals surface area contributed by atoms with Crippen LogP contribution in [0.1, 0.15) is 5.56 Å². The number of hydrogen-bond donors (Lipinski definition) is 2. The van der Waals surface area contributed by atoms with Gasteiger partial charge in [-0.25, -0.2) is 0 Å². The predicted molar refractivity (Wildman–Crippen MR) is 55.8 cm³/mol. The molecule has 3 nitrogen and oxygen atoms in total. The van der Waals surface area contributed by atoms with Crippen LogP contribution in [0.15, 0.2) is 23.1 Å². The summed E-state index contributed by atoms with van der Waals surface area (Å²) in [6.07, 6.45) is 1.95. The summed E-state index contributed by atoms with van der Waals surface area (Å²) in [4.78, 5) is 0.965. The van der Waals surface area contributed by atoms with Crippen molar-refractivity contribution in [3.8, 4) is 5.75 Å². The molecule has 0 aliphatic rings. The van der Waals surface area contributed by atoms with Crippen molar-refractivity contribution in [2.75, 3.05) is 13.4 Å². The fourth-order valence-electron chi connectivity index (χ4n) is 1.02. The second-order valence-electron chi connectivity index (χ2n) is 2.48. The van der Waals surface area contributed by atoms with Crippen LogP contribution in [0.2, 0.25) is 0 Å². The summed E-state index contributed by atoms with van der Waals surface area (Å²) in [7, 11) is 1.62. The first-order chi connectivity index (χ1) is 6.19. The molecule has 0 amide bonds. The van der Waals surface area contributed by atoms with Gasteiger partial charge in [-0.1, -0.05) is 0 Å². The SMILES string of the molecule is COc1ccc(C(=N)N)c(SC)c1. The second-order valence-corrected chi connectivity index (χ2v) is 3.33. The Hall–Kier alpha value is -1.16. The highest BCUT2D eigenvalue weighted by Crippen LogP contribution is 2.24. The molecule has 0 aromatic heterocycles. The van der Waals surface area contributed by atoms with Gasteiger partial charge in [0.25, 0.3) is 0 Å². The molecule has 0 fully saturated rings. The van der Waals surface area contributed by atoms with Gasteiger partial charge in [-0.15, -0.1) is 11.8 Å². The number of nitrogen functional groups attached to an aromatic ring is 1. The maximum Gasteiger partial charge on any atom is 0.123 e. The van der Waals surface area contributed by atoms with E-state index in [2.05, 4.69) is 0 Å². The van der Waals surface area contributed by atoms with Crippen molar-refractivity contribution in [1.29, 1.82) is 5.41 Å². The fraction of sp³-hybridized carbons (Fsp3) is 0.222. The average Bonchev–Trinajstić information content (AvgIpc) is 2.16. The molecular formula is C9H12N2OS. The van der Waals surface area contributed by atoms with Crippen molar-refractivity contribution in [3.63, 3.8) is 0 Å². The molecule has 0 spiro atoms. The first-order valence-corrected chi connectivity index (χ1v) is 4.98. The van der Waals surface area contributed by atoms with Gasteiger partial charge in [0.1, 0.15) is 11.6 Å². The van der Waals surface area contributed by atoms with E-state index in [-0.39, 0.29) is 5.84 Å². The highest BCUT2D eigenvalue weighted by molar-refractivity contribution is 7.98. The van der Waals surface area contributed by atoms with Gasteiger partial charge in [0.15, 0.2) is 0 Å². The lowest BCUT2D eigenvalue weighted by molar-refractivity contribution is 0.413. The van der Waals surface area contributed by atoms with Crippen molar-refractivity contribution >= 4 is 17.6 Å². The van der Waals surface area contributed by atoms with E-state index in [9.17, 15) is 0 Å². The van der Waals surface area contributed by atoms with E-state index in [1.165, 1.54) is 0 Å².